The van der Waals surface area contributed by atoms with Crippen LogP contribution in [-0.4, -0.2) is 35.4 Å². The molecular weight excluding hydrogens is 310 g/mol. The Hall–Kier alpha value is -2.36. The van der Waals surface area contributed by atoms with Crippen LogP contribution >= 0.6 is 0 Å². The van der Waals surface area contributed by atoms with Gasteiger partial charge >= 0.3 is 0 Å². The van der Waals surface area contributed by atoms with E-state index >= 15 is 0 Å². The third-order valence-corrected chi connectivity index (χ3v) is 5.36. The highest BCUT2D eigenvalue weighted by atomic mass is 16.2. The third-order valence-electron chi connectivity index (χ3n) is 5.36. The van der Waals surface area contributed by atoms with Gasteiger partial charge in [0.15, 0.2) is 0 Å². The molecule has 130 valence electrons. The second-order valence-electron chi connectivity index (χ2n) is 7.15. The van der Waals surface area contributed by atoms with Gasteiger partial charge in [0.05, 0.1) is 5.56 Å². The second-order valence-corrected chi connectivity index (χ2v) is 7.15. The van der Waals surface area contributed by atoms with Crippen molar-refractivity contribution >= 4 is 11.7 Å². The molecule has 2 heterocycles. The summed E-state index contributed by atoms with van der Waals surface area (Å²) in [6.07, 6.45) is 6.41. The number of carbonyl (C=O) groups excluding carboxylic acids is 1. The number of rotatable bonds is 5. The highest BCUT2D eigenvalue weighted by Crippen LogP contribution is 2.47. The zero-order chi connectivity index (χ0) is 17.1. The van der Waals surface area contributed by atoms with Gasteiger partial charge in [-0.3, -0.25) is 4.79 Å². The van der Waals surface area contributed by atoms with Crippen LogP contribution in [0.25, 0.3) is 0 Å². The van der Waals surface area contributed by atoms with Crippen molar-refractivity contribution in [2.75, 3.05) is 25.0 Å². The van der Waals surface area contributed by atoms with Crippen LogP contribution < -0.4 is 5.32 Å². The van der Waals surface area contributed by atoms with Crippen molar-refractivity contribution in [1.29, 1.82) is 0 Å². The molecule has 2 atom stereocenters. The van der Waals surface area contributed by atoms with E-state index in [1.54, 1.807) is 6.20 Å². The maximum Gasteiger partial charge on any atom is 0.257 e. The summed E-state index contributed by atoms with van der Waals surface area (Å²) in [5.74, 6) is 2.11. The largest absolute Gasteiger partial charge is 0.369 e. The Morgan fingerprint density at radius 1 is 1.08 bits per heavy atom. The molecule has 4 heteroatoms. The van der Waals surface area contributed by atoms with Crippen LogP contribution in [0.2, 0.25) is 0 Å². The maximum atomic E-state index is 12.8. The first-order chi connectivity index (χ1) is 12.3. The molecule has 2 fully saturated rings. The summed E-state index contributed by atoms with van der Waals surface area (Å²) in [4.78, 5) is 19.2. The van der Waals surface area contributed by atoms with E-state index in [2.05, 4.69) is 40.6 Å². The number of hydrogen-bond donors (Lipinski definition) is 1. The van der Waals surface area contributed by atoms with E-state index in [0.29, 0.717) is 17.4 Å². The topological polar surface area (TPSA) is 45.2 Å². The Bertz CT molecular complexity index is 725. The lowest BCUT2D eigenvalue weighted by Gasteiger charge is -2.27. The van der Waals surface area contributed by atoms with Gasteiger partial charge in [0.25, 0.3) is 5.91 Å². The van der Waals surface area contributed by atoms with Gasteiger partial charge in [0, 0.05) is 25.8 Å². The Labute approximate surface area is 149 Å². The molecule has 4 nitrogen and oxygen atoms in total. The number of carbonyl (C=O) groups is 1. The van der Waals surface area contributed by atoms with Gasteiger partial charge < -0.3 is 10.2 Å². The molecule has 1 N–H and O–H groups in total. The molecule has 1 aliphatic carbocycles. The SMILES string of the molecule is O=C(c1cccnc1NCC1CC1c1ccccc1)N1CCCCC1. The Balaban J connectivity index is 1.39. The zero-order valence-electron chi connectivity index (χ0n) is 14.5. The number of nitrogens with one attached hydrogen (secondary N) is 1. The minimum Gasteiger partial charge on any atom is -0.369 e. The summed E-state index contributed by atoms with van der Waals surface area (Å²) < 4.78 is 0. The molecule has 2 aliphatic rings. The van der Waals surface area contributed by atoms with Crippen molar-refractivity contribution in [3.8, 4) is 0 Å². The predicted octanol–water partition coefficient (Wildman–Crippen LogP) is 3.92. The average molecular weight is 335 g/mol. The summed E-state index contributed by atoms with van der Waals surface area (Å²) in [6.45, 7) is 2.61. The summed E-state index contributed by atoms with van der Waals surface area (Å²) >= 11 is 0. The van der Waals surface area contributed by atoms with Crippen LogP contribution in [-0.2, 0) is 0 Å². The van der Waals surface area contributed by atoms with Gasteiger partial charge in [0.2, 0.25) is 0 Å². The summed E-state index contributed by atoms with van der Waals surface area (Å²) in [6, 6.07) is 14.4. The number of nitrogens with zero attached hydrogens (tertiary/aromatic N) is 2. The maximum absolute atomic E-state index is 12.8. The number of benzene rings is 1. The number of hydrogen-bond acceptors (Lipinski definition) is 3. The number of aromatic nitrogens is 1. The van der Waals surface area contributed by atoms with Gasteiger partial charge in [-0.05, 0) is 55.2 Å². The first-order valence-electron chi connectivity index (χ1n) is 9.36. The lowest BCUT2D eigenvalue weighted by molar-refractivity contribution is 0.0725. The molecule has 1 saturated carbocycles. The smallest absolute Gasteiger partial charge is 0.257 e. The van der Waals surface area contributed by atoms with Crippen LogP contribution in [0.4, 0.5) is 5.82 Å². The molecule has 2 aromatic rings. The van der Waals surface area contributed by atoms with Crippen molar-refractivity contribution in [2.45, 2.75) is 31.6 Å². The number of piperidine rings is 1. The molecule has 25 heavy (non-hydrogen) atoms. The Morgan fingerprint density at radius 3 is 2.68 bits per heavy atom. The summed E-state index contributed by atoms with van der Waals surface area (Å²) in [5.41, 5.74) is 2.13. The van der Waals surface area contributed by atoms with Crippen molar-refractivity contribution < 1.29 is 4.79 Å². The van der Waals surface area contributed by atoms with Gasteiger partial charge in [-0.1, -0.05) is 30.3 Å². The van der Waals surface area contributed by atoms with E-state index in [4.69, 9.17) is 0 Å². The first-order valence-corrected chi connectivity index (χ1v) is 9.36. The van der Waals surface area contributed by atoms with Crippen molar-refractivity contribution in [2.24, 2.45) is 5.92 Å². The van der Waals surface area contributed by atoms with Gasteiger partial charge in [-0.2, -0.15) is 0 Å². The molecule has 1 aromatic carbocycles. The van der Waals surface area contributed by atoms with Crippen LogP contribution in [0.15, 0.2) is 48.7 Å². The molecule has 2 unspecified atom stereocenters. The zero-order valence-corrected chi connectivity index (χ0v) is 14.5. The predicted molar refractivity (Wildman–Crippen MR) is 99.8 cm³/mol. The normalized spacial score (nSPS) is 22.5. The average Bonchev–Trinajstić information content (AvgIpc) is 3.47. The molecule has 0 bridgehead atoms. The van der Waals surface area contributed by atoms with E-state index in [1.807, 2.05) is 17.0 Å². The van der Waals surface area contributed by atoms with E-state index < -0.39 is 0 Å². The molecule has 1 aliphatic heterocycles. The Morgan fingerprint density at radius 2 is 1.88 bits per heavy atom. The van der Waals surface area contributed by atoms with Crippen LogP contribution in [0, 0.1) is 5.92 Å². The fraction of sp³-hybridized carbons (Fsp3) is 0.429. The lowest BCUT2D eigenvalue weighted by Crippen LogP contribution is -2.36. The highest BCUT2D eigenvalue weighted by molar-refractivity contribution is 5.98. The summed E-state index contributed by atoms with van der Waals surface area (Å²) in [5, 5.41) is 3.44. The minimum atomic E-state index is 0.116. The van der Waals surface area contributed by atoms with E-state index in [9.17, 15) is 4.79 Å². The quantitative estimate of drug-likeness (QED) is 0.901. The van der Waals surface area contributed by atoms with Gasteiger partial charge in [0.1, 0.15) is 5.82 Å². The number of amides is 1. The number of likely N-dealkylation sites (tertiary alicyclic amines) is 1. The van der Waals surface area contributed by atoms with Crippen LogP contribution in [0.1, 0.15) is 47.5 Å². The minimum absolute atomic E-state index is 0.116. The molecular formula is C21H25N3O. The molecule has 1 saturated heterocycles. The summed E-state index contributed by atoms with van der Waals surface area (Å²) in [7, 11) is 0. The van der Waals surface area contributed by atoms with Crippen molar-refractivity contribution in [3.05, 3.63) is 59.8 Å². The lowest BCUT2D eigenvalue weighted by atomic mass is 10.1. The molecule has 1 aromatic heterocycles. The monoisotopic (exact) mass is 335 g/mol. The van der Waals surface area contributed by atoms with Crippen molar-refractivity contribution in [1.82, 2.24) is 9.88 Å². The number of pyridine rings is 1. The van der Waals surface area contributed by atoms with Gasteiger partial charge in [-0.25, -0.2) is 4.98 Å². The fourth-order valence-electron chi connectivity index (χ4n) is 3.80. The highest BCUT2D eigenvalue weighted by Gasteiger charge is 2.38. The van der Waals surface area contributed by atoms with E-state index in [-0.39, 0.29) is 5.91 Å². The second kappa shape index (κ2) is 7.26. The first kappa shape index (κ1) is 16.1. The Kier molecular flexibility index (Phi) is 4.68. The van der Waals surface area contributed by atoms with E-state index in [0.717, 1.165) is 38.3 Å². The number of anilines is 1. The van der Waals surface area contributed by atoms with E-state index in [1.165, 1.54) is 18.4 Å². The van der Waals surface area contributed by atoms with Crippen LogP contribution in [0.5, 0.6) is 0 Å². The van der Waals surface area contributed by atoms with Gasteiger partial charge in [-0.15, -0.1) is 0 Å². The van der Waals surface area contributed by atoms with Crippen LogP contribution in [0.3, 0.4) is 0 Å². The molecule has 0 radical (unpaired) electrons. The van der Waals surface area contributed by atoms with Crippen molar-refractivity contribution in [3.63, 3.8) is 0 Å². The molecule has 1 amide bonds. The molecule has 4 rings (SSSR count). The molecule has 0 spiro atoms. The fourth-order valence-corrected chi connectivity index (χ4v) is 3.80. The third kappa shape index (κ3) is 3.68. The standard InChI is InChI=1S/C21H25N3O/c25-21(24-12-5-2-6-13-24)18-10-7-11-22-20(18)23-15-17-14-19(17)16-8-3-1-4-9-16/h1,3-4,7-11,17,19H,2,5-6,12-15H2,(H,22,23).